The summed E-state index contributed by atoms with van der Waals surface area (Å²) in [5.74, 6) is 0.404. The monoisotopic (exact) mass is 199 g/mol. The van der Waals surface area contributed by atoms with Crippen LogP contribution in [0, 0.1) is 0 Å². The molecule has 1 rings (SSSR count). The summed E-state index contributed by atoms with van der Waals surface area (Å²) >= 11 is 0. The highest BCUT2D eigenvalue weighted by molar-refractivity contribution is 6.88. The first kappa shape index (κ1) is 10.9. The summed E-state index contributed by atoms with van der Waals surface area (Å²) in [6.07, 6.45) is 0.736. The van der Waals surface area contributed by atoms with Crippen LogP contribution in [-0.2, 0) is 4.79 Å². The van der Waals surface area contributed by atoms with Crippen LogP contribution in [-0.4, -0.2) is 20.4 Å². The summed E-state index contributed by atoms with van der Waals surface area (Å²) in [7, 11) is -1.56. The Morgan fingerprint density at radius 2 is 1.85 bits per heavy atom. The molecule has 1 fully saturated rings. The maximum absolute atomic E-state index is 11.5. The molecule has 3 heteroatoms. The van der Waals surface area contributed by atoms with Crippen molar-refractivity contribution in [3.63, 3.8) is 0 Å². The summed E-state index contributed by atoms with van der Waals surface area (Å²) in [5, 5.41) is 0.170. The second kappa shape index (κ2) is 2.67. The van der Waals surface area contributed by atoms with E-state index in [1.807, 2.05) is 0 Å². The Morgan fingerprint density at radius 3 is 1.92 bits per heavy atom. The molecule has 0 aromatic carbocycles. The molecule has 2 N–H and O–H groups in total. The molecule has 0 aromatic heterocycles. The Hall–Kier alpha value is -0.153. The minimum atomic E-state index is -1.56. The number of ketones is 1. The molecule has 76 valence electrons. The minimum absolute atomic E-state index is 0.0920. The van der Waals surface area contributed by atoms with Crippen molar-refractivity contribution in [2.24, 2.45) is 5.73 Å². The minimum Gasteiger partial charge on any atom is -0.330 e. The van der Waals surface area contributed by atoms with Crippen LogP contribution in [0.3, 0.4) is 0 Å². The number of hydrogen-bond donors (Lipinski definition) is 1. The summed E-state index contributed by atoms with van der Waals surface area (Å²) in [4.78, 5) is 11.5. The maximum atomic E-state index is 11.5. The van der Waals surface area contributed by atoms with Crippen LogP contribution in [0.5, 0.6) is 0 Å². The quantitative estimate of drug-likeness (QED) is 0.693. The summed E-state index contributed by atoms with van der Waals surface area (Å²) in [6.45, 7) is 11.9. The first-order chi connectivity index (χ1) is 5.69. The molecule has 1 aliphatic rings. The van der Waals surface area contributed by atoms with E-state index in [-0.39, 0.29) is 10.1 Å². The fourth-order valence-electron chi connectivity index (χ4n) is 1.96. The van der Waals surface area contributed by atoms with Gasteiger partial charge in [0.25, 0.3) is 0 Å². The molecule has 1 unspecified atom stereocenters. The normalized spacial score (nSPS) is 29.2. The van der Waals surface area contributed by atoms with E-state index in [1.54, 1.807) is 0 Å². The van der Waals surface area contributed by atoms with E-state index in [2.05, 4.69) is 33.9 Å². The highest BCUT2D eigenvalue weighted by Crippen LogP contribution is 2.62. The van der Waals surface area contributed by atoms with Gasteiger partial charge < -0.3 is 5.73 Å². The standard InChI is InChI=1S/C10H21NOSi/c1-9(2,3)13(4,5)10(7-11)6-8(10)12/h6-7,11H2,1-5H3. The Kier molecular flexibility index (Phi) is 2.24. The third-order valence-corrected chi connectivity index (χ3v) is 11.1. The largest absolute Gasteiger partial charge is 0.330 e. The van der Waals surface area contributed by atoms with E-state index in [9.17, 15) is 4.79 Å². The van der Waals surface area contributed by atoms with Crippen molar-refractivity contribution in [1.29, 1.82) is 0 Å². The second-order valence-electron chi connectivity index (χ2n) is 5.76. The second-order valence-corrected chi connectivity index (χ2v) is 11.5. The molecular weight excluding hydrogens is 178 g/mol. The Balaban J connectivity index is 3.00. The first-order valence-electron chi connectivity index (χ1n) is 4.92. The van der Waals surface area contributed by atoms with Crippen molar-refractivity contribution in [2.45, 2.75) is 50.4 Å². The molecule has 0 amide bonds. The Bertz CT molecular complexity index is 242. The molecule has 0 bridgehead atoms. The van der Waals surface area contributed by atoms with Gasteiger partial charge in [-0.25, -0.2) is 0 Å². The first-order valence-corrected chi connectivity index (χ1v) is 7.92. The van der Waals surface area contributed by atoms with Crippen LogP contribution in [0.2, 0.25) is 23.2 Å². The highest BCUT2D eigenvalue weighted by atomic mass is 28.3. The third kappa shape index (κ3) is 1.29. The van der Waals surface area contributed by atoms with Gasteiger partial charge in [0.15, 0.2) is 0 Å². The van der Waals surface area contributed by atoms with Crippen molar-refractivity contribution in [2.75, 3.05) is 6.54 Å². The molecule has 2 nitrogen and oxygen atoms in total. The zero-order valence-corrected chi connectivity index (χ0v) is 10.4. The molecule has 0 radical (unpaired) electrons. The Labute approximate surface area is 81.9 Å². The van der Waals surface area contributed by atoms with E-state index in [0.717, 1.165) is 6.42 Å². The molecule has 1 saturated carbocycles. The summed E-state index contributed by atoms with van der Waals surface area (Å²) in [5.41, 5.74) is 5.76. The van der Waals surface area contributed by atoms with Gasteiger partial charge in [-0.15, -0.1) is 0 Å². The lowest BCUT2D eigenvalue weighted by atomic mass is 10.2. The molecular formula is C10H21NOSi. The van der Waals surface area contributed by atoms with Gasteiger partial charge in [-0.3, -0.25) is 4.79 Å². The molecule has 0 aromatic rings. The van der Waals surface area contributed by atoms with Gasteiger partial charge >= 0.3 is 0 Å². The fraction of sp³-hybridized carbons (Fsp3) is 0.900. The number of hydrogen-bond acceptors (Lipinski definition) is 2. The van der Waals surface area contributed by atoms with Crippen LogP contribution in [0.4, 0.5) is 0 Å². The summed E-state index contributed by atoms with van der Waals surface area (Å²) < 4.78 is 0. The van der Waals surface area contributed by atoms with Crippen molar-refractivity contribution in [1.82, 2.24) is 0 Å². The van der Waals surface area contributed by atoms with E-state index < -0.39 is 8.07 Å². The van der Waals surface area contributed by atoms with Crippen LogP contribution in [0.25, 0.3) is 0 Å². The molecule has 13 heavy (non-hydrogen) atoms. The van der Waals surface area contributed by atoms with E-state index in [0.29, 0.717) is 12.3 Å². The molecule has 0 saturated heterocycles. The van der Waals surface area contributed by atoms with Crippen molar-refractivity contribution >= 4 is 13.9 Å². The van der Waals surface area contributed by atoms with E-state index in [1.165, 1.54) is 0 Å². The van der Waals surface area contributed by atoms with Crippen LogP contribution >= 0.6 is 0 Å². The van der Waals surface area contributed by atoms with Gasteiger partial charge in [0, 0.05) is 18.0 Å². The number of carbonyl (C=O) groups is 1. The van der Waals surface area contributed by atoms with Crippen molar-refractivity contribution in [3.8, 4) is 0 Å². The fourth-order valence-corrected chi connectivity index (χ4v) is 5.20. The molecule has 0 aliphatic heterocycles. The summed E-state index contributed by atoms with van der Waals surface area (Å²) in [6, 6.07) is 0. The van der Waals surface area contributed by atoms with E-state index in [4.69, 9.17) is 5.73 Å². The zero-order chi connectivity index (χ0) is 10.5. The van der Waals surface area contributed by atoms with Gasteiger partial charge in [0.2, 0.25) is 0 Å². The zero-order valence-electron chi connectivity index (χ0n) is 9.40. The lowest BCUT2D eigenvalue weighted by Gasteiger charge is -2.42. The lowest BCUT2D eigenvalue weighted by Crippen LogP contribution is -2.47. The predicted molar refractivity (Wildman–Crippen MR) is 58.6 cm³/mol. The van der Waals surface area contributed by atoms with Gasteiger partial charge in [-0.05, 0) is 5.04 Å². The van der Waals surface area contributed by atoms with Crippen LogP contribution in [0.1, 0.15) is 27.2 Å². The topological polar surface area (TPSA) is 43.1 Å². The maximum Gasteiger partial charge on any atom is 0.138 e. The van der Waals surface area contributed by atoms with Gasteiger partial charge in [0.1, 0.15) is 5.78 Å². The third-order valence-electron chi connectivity index (χ3n) is 4.29. The van der Waals surface area contributed by atoms with Gasteiger partial charge in [-0.2, -0.15) is 0 Å². The average Bonchev–Trinajstić information content (AvgIpc) is 2.60. The van der Waals surface area contributed by atoms with Crippen LogP contribution in [0.15, 0.2) is 0 Å². The van der Waals surface area contributed by atoms with E-state index >= 15 is 0 Å². The molecule has 0 heterocycles. The molecule has 0 spiro atoms. The number of nitrogens with two attached hydrogens (primary N) is 1. The number of rotatable bonds is 2. The van der Waals surface area contributed by atoms with Crippen molar-refractivity contribution < 1.29 is 4.79 Å². The average molecular weight is 199 g/mol. The number of Topliss-reactive ketones (excluding diaryl/α,β-unsaturated/α-hetero) is 1. The number of carbonyl (C=O) groups excluding carboxylic acids is 1. The Morgan fingerprint density at radius 1 is 1.46 bits per heavy atom. The molecule has 1 atom stereocenters. The SMILES string of the molecule is CC(C)(C)[Si](C)(C)C1(CN)CC1=O. The lowest BCUT2D eigenvalue weighted by molar-refractivity contribution is -0.110. The van der Waals surface area contributed by atoms with Crippen molar-refractivity contribution in [3.05, 3.63) is 0 Å². The van der Waals surface area contributed by atoms with Gasteiger partial charge in [0.05, 0.1) is 8.07 Å². The highest BCUT2D eigenvalue weighted by Gasteiger charge is 2.66. The van der Waals surface area contributed by atoms with Gasteiger partial charge in [-0.1, -0.05) is 33.9 Å². The predicted octanol–water partition coefficient (Wildman–Crippen LogP) is 2.17. The van der Waals surface area contributed by atoms with Crippen LogP contribution < -0.4 is 5.73 Å². The molecule has 1 aliphatic carbocycles. The smallest absolute Gasteiger partial charge is 0.138 e.